The maximum atomic E-state index is 11.8. The topological polar surface area (TPSA) is 61.4 Å². The molecular weight excluding hydrogens is 180 g/mol. The molecule has 1 aliphatic rings. The number of piperidine rings is 1. The lowest BCUT2D eigenvalue weighted by Gasteiger charge is -2.33. The molecule has 1 saturated heterocycles. The van der Waals surface area contributed by atoms with Gasteiger partial charge in [-0.1, -0.05) is 0 Å². The third-order valence-electron chi connectivity index (χ3n) is 2.80. The quantitative estimate of drug-likeness (QED) is 0.595. The first-order valence-electron chi connectivity index (χ1n) is 5.21. The summed E-state index contributed by atoms with van der Waals surface area (Å²) in [4.78, 5) is 11.8. The number of carbonyl (C=O) groups is 1. The molecule has 3 N–H and O–H groups in total. The van der Waals surface area contributed by atoms with E-state index in [-0.39, 0.29) is 24.0 Å². The van der Waals surface area contributed by atoms with E-state index in [1.807, 2.05) is 6.92 Å². The highest BCUT2D eigenvalue weighted by Gasteiger charge is 2.34. The number of rotatable bonds is 3. The van der Waals surface area contributed by atoms with Crippen LogP contribution in [0.15, 0.2) is 0 Å². The molecule has 1 unspecified atom stereocenters. The maximum absolute atomic E-state index is 11.8. The average molecular weight is 200 g/mol. The van der Waals surface area contributed by atoms with Gasteiger partial charge in [-0.05, 0) is 33.2 Å². The van der Waals surface area contributed by atoms with Crippen molar-refractivity contribution in [2.75, 3.05) is 19.7 Å². The lowest BCUT2D eigenvalue weighted by Crippen LogP contribution is -2.51. The molecule has 82 valence electrons. The monoisotopic (exact) mass is 200 g/mol. The fraction of sp³-hybridized carbons (Fsp3) is 0.900. The summed E-state index contributed by atoms with van der Waals surface area (Å²) in [5.74, 6) is 0.0475. The van der Waals surface area contributed by atoms with Crippen molar-refractivity contribution in [1.82, 2.24) is 10.6 Å². The van der Waals surface area contributed by atoms with Crippen LogP contribution in [0.2, 0.25) is 0 Å². The summed E-state index contributed by atoms with van der Waals surface area (Å²) in [5.41, 5.74) is -0.304. The van der Waals surface area contributed by atoms with Crippen molar-refractivity contribution in [3.05, 3.63) is 0 Å². The maximum Gasteiger partial charge on any atom is 0.227 e. The summed E-state index contributed by atoms with van der Waals surface area (Å²) in [6.07, 6.45) is 1.96. The van der Waals surface area contributed by atoms with E-state index in [2.05, 4.69) is 10.6 Å². The van der Waals surface area contributed by atoms with Gasteiger partial charge in [0, 0.05) is 12.6 Å². The van der Waals surface area contributed by atoms with E-state index >= 15 is 0 Å². The van der Waals surface area contributed by atoms with Gasteiger partial charge in [-0.2, -0.15) is 0 Å². The molecule has 0 saturated carbocycles. The van der Waals surface area contributed by atoms with Gasteiger partial charge in [0.05, 0.1) is 12.0 Å². The Kier molecular flexibility index (Phi) is 3.89. The Morgan fingerprint density at radius 1 is 1.71 bits per heavy atom. The van der Waals surface area contributed by atoms with E-state index in [0.29, 0.717) is 0 Å². The minimum Gasteiger partial charge on any atom is -0.394 e. The van der Waals surface area contributed by atoms with Crippen LogP contribution in [0.5, 0.6) is 0 Å². The molecular formula is C10H20N2O2. The Bertz CT molecular complexity index is 200. The van der Waals surface area contributed by atoms with Crippen molar-refractivity contribution in [2.24, 2.45) is 5.41 Å². The van der Waals surface area contributed by atoms with Gasteiger partial charge in [-0.15, -0.1) is 0 Å². The summed E-state index contributed by atoms with van der Waals surface area (Å²) in [7, 11) is 0. The molecule has 0 bridgehead atoms. The SMILES string of the molecule is C[C@@H](CO)NC(=O)C1(C)CCCNC1. The van der Waals surface area contributed by atoms with Crippen molar-refractivity contribution in [1.29, 1.82) is 0 Å². The molecule has 14 heavy (non-hydrogen) atoms. The van der Waals surface area contributed by atoms with Crippen molar-refractivity contribution in [3.8, 4) is 0 Å². The van der Waals surface area contributed by atoms with E-state index in [1.165, 1.54) is 0 Å². The standard InChI is InChI=1S/C10H20N2O2/c1-8(6-13)12-9(14)10(2)4-3-5-11-7-10/h8,11,13H,3-7H2,1-2H3,(H,12,14)/t8-,10?/m0/s1. The molecule has 4 heteroatoms. The molecule has 0 aliphatic carbocycles. The Labute approximate surface area is 85.1 Å². The first-order chi connectivity index (χ1) is 6.58. The molecule has 1 amide bonds. The van der Waals surface area contributed by atoms with Crippen LogP contribution >= 0.6 is 0 Å². The summed E-state index contributed by atoms with van der Waals surface area (Å²) >= 11 is 0. The molecule has 4 nitrogen and oxygen atoms in total. The molecule has 1 fully saturated rings. The summed E-state index contributed by atoms with van der Waals surface area (Å²) in [6, 6.07) is -0.152. The van der Waals surface area contributed by atoms with Crippen molar-refractivity contribution >= 4 is 5.91 Å². The number of carbonyl (C=O) groups excluding carboxylic acids is 1. The molecule has 1 aliphatic heterocycles. The van der Waals surface area contributed by atoms with E-state index in [0.717, 1.165) is 25.9 Å². The van der Waals surface area contributed by atoms with Crippen LogP contribution in [0, 0.1) is 5.41 Å². The van der Waals surface area contributed by atoms with Crippen LogP contribution < -0.4 is 10.6 Å². The second-order valence-corrected chi connectivity index (χ2v) is 4.40. The fourth-order valence-corrected chi connectivity index (χ4v) is 1.69. The van der Waals surface area contributed by atoms with Crippen LogP contribution in [0.3, 0.4) is 0 Å². The zero-order valence-electron chi connectivity index (χ0n) is 8.97. The van der Waals surface area contributed by atoms with Gasteiger partial charge in [-0.3, -0.25) is 4.79 Å². The first-order valence-corrected chi connectivity index (χ1v) is 5.21. The number of hydrogen-bond acceptors (Lipinski definition) is 3. The first kappa shape index (κ1) is 11.5. The van der Waals surface area contributed by atoms with Gasteiger partial charge < -0.3 is 15.7 Å². The minimum atomic E-state index is -0.304. The molecule has 0 aromatic heterocycles. The summed E-state index contributed by atoms with van der Waals surface area (Å²) in [5, 5.41) is 14.9. The van der Waals surface area contributed by atoms with Crippen LogP contribution in [0.4, 0.5) is 0 Å². The van der Waals surface area contributed by atoms with Crippen molar-refractivity contribution in [3.63, 3.8) is 0 Å². The molecule has 0 aromatic carbocycles. The van der Waals surface area contributed by atoms with Crippen molar-refractivity contribution in [2.45, 2.75) is 32.7 Å². The van der Waals surface area contributed by atoms with Gasteiger partial charge in [-0.25, -0.2) is 0 Å². The van der Waals surface area contributed by atoms with E-state index in [4.69, 9.17) is 5.11 Å². The van der Waals surface area contributed by atoms with Gasteiger partial charge in [0.2, 0.25) is 5.91 Å². The predicted octanol–water partition coefficient (Wildman–Crippen LogP) is -0.127. The molecule has 1 heterocycles. The van der Waals surface area contributed by atoms with Gasteiger partial charge >= 0.3 is 0 Å². The number of amides is 1. The van der Waals surface area contributed by atoms with Gasteiger partial charge in [0.1, 0.15) is 0 Å². The Morgan fingerprint density at radius 2 is 2.43 bits per heavy atom. The smallest absolute Gasteiger partial charge is 0.227 e. The van der Waals surface area contributed by atoms with E-state index in [1.54, 1.807) is 6.92 Å². The predicted molar refractivity (Wildman–Crippen MR) is 54.9 cm³/mol. The Hall–Kier alpha value is -0.610. The zero-order valence-corrected chi connectivity index (χ0v) is 8.97. The molecule has 0 radical (unpaired) electrons. The zero-order chi connectivity index (χ0) is 10.6. The van der Waals surface area contributed by atoms with Crippen LogP contribution in [0.25, 0.3) is 0 Å². The van der Waals surface area contributed by atoms with Crippen LogP contribution in [0.1, 0.15) is 26.7 Å². The third-order valence-corrected chi connectivity index (χ3v) is 2.80. The average Bonchev–Trinajstić information content (AvgIpc) is 2.18. The van der Waals surface area contributed by atoms with Crippen LogP contribution in [-0.2, 0) is 4.79 Å². The lowest BCUT2D eigenvalue weighted by molar-refractivity contribution is -0.132. The molecule has 0 aromatic rings. The number of aliphatic hydroxyl groups is 1. The number of hydrogen-bond donors (Lipinski definition) is 3. The second kappa shape index (κ2) is 4.75. The molecule has 2 atom stereocenters. The Morgan fingerprint density at radius 3 is 2.93 bits per heavy atom. The highest BCUT2D eigenvalue weighted by molar-refractivity contribution is 5.82. The van der Waals surface area contributed by atoms with E-state index in [9.17, 15) is 4.79 Å². The minimum absolute atomic E-state index is 0.00471. The van der Waals surface area contributed by atoms with Crippen LogP contribution in [-0.4, -0.2) is 36.8 Å². The summed E-state index contributed by atoms with van der Waals surface area (Å²) < 4.78 is 0. The summed E-state index contributed by atoms with van der Waals surface area (Å²) in [6.45, 7) is 5.50. The Balaban J connectivity index is 2.49. The largest absolute Gasteiger partial charge is 0.394 e. The highest BCUT2D eigenvalue weighted by Crippen LogP contribution is 2.25. The van der Waals surface area contributed by atoms with Gasteiger partial charge in [0.15, 0.2) is 0 Å². The van der Waals surface area contributed by atoms with Gasteiger partial charge in [0.25, 0.3) is 0 Å². The molecule has 1 rings (SSSR count). The lowest BCUT2D eigenvalue weighted by atomic mass is 9.82. The third kappa shape index (κ3) is 2.69. The normalized spacial score (nSPS) is 29.6. The molecule has 0 spiro atoms. The number of nitrogens with one attached hydrogen (secondary N) is 2. The highest BCUT2D eigenvalue weighted by atomic mass is 16.3. The second-order valence-electron chi connectivity index (χ2n) is 4.40. The number of aliphatic hydroxyl groups excluding tert-OH is 1. The fourth-order valence-electron chi connectivity index (χ4n) is 1.69. The van der Waals surface area contributed by atoms with E-state index < -0.39 is 0 Å². The van der Waals surface area contributed by atoms with Crippen molar-refractivity contribution < 1.29 is 9.90 Å².